The van der Waals surface area contributed by atoms with E-state index in [0.29, 0.717) is 0 Å². The molecule has 1 atom stereocenters. The Morgan fingerprint density at radius 2 is 1.89 bits per heavy atom. The van der Waals surface area contributed by atoms with Crippen molar-refractivity contribution in [3.63, 3.8) is 0 Å². The summed E-state index contributed by atoms with van der Waals surface area (Å²) in [5, 5.41) is 3.34. The Balaban J connectivity index is 2.32. The third-order valence-corrected chi connectivity index (χ3v) is 3.66. The quantitative estimate of drug-likeness (QED) is 0.848. The van der Waals surface area contributed by atoms with Crippen molar-refractivity contribution in [3.05, 3.63) is 29.8 Å². The summed E-state index contributed by atoms with van der Waals surface area (Å²) >= 11 is 0. The molecular weight excluding hydrogens is 226 g/mol. The van der Waals surface area contributed by atoms with Gasteiger partial charge in [-0.3, -0.25) is 10.1 Å². The van der Waals surface area contributed by atoms with Crippen molar-refractivity contribution < 1.29 is 4.79 Å². The summed E-state index contributed by atoms with van der Waals surface area (Å²) in [4.78, 5) is 16.2. The minimum Gasteiger partial charge on any atom is -0.378 e. The van der Waals surface area contributed by atoms with Crippen LogP contribution in [0.25, 0.3) is 0 Å². The monoisotopic (exact) mass is 247 g/mol. The first kappa shape index (κ1) is 12.9. The maximum atomic E-state index is 12.3. The SMILES string of the molecule is CN1CCNC(C)(c2ccc(N(C)C)cc2)C1=O. The second kappa shape index (κ2) is 4.61. The molecule has 1 aromatic carbocycles. The number of piperazine rings is 1. The number of nitrogens with zero attached hydrogens (tertiary/aromatic N) is 2. The van der Waals surface area contributed by atoms with Crippen molar-refractivity contribution >= 4 is 11.6 Å². The van der Waals surface area contributed by atoms with Gasteiger partial charge < -0.3 is 9.80 Å². The van der Waals surface area contributed by atoms with Gasteiger partial charge in [0.25, 0.3) is 0 Å². The first-order valence-electron chi connectivity index (χ1n) is 6.23. The molecule has 4 nitrogen and oxygen atoms in total. The molecule has 1 aliphatic heterocycles. The van der Waals surface area contributed by atoms with Crippen LogP contribution in [-0.4, -0.2) is 45.0 Å². The summed E-state index contributed by atoms with van der Waals surface area (Å²) in [6.07, 6.45) is 0. The van der Waals surface area contributed by atoms with Gasteiger partial charge in [0.2, 0.25) is 5.91 Å². The van der Waals surface area contributed by atoms with Gasteiger partial charge in [-0.2, -0.15) is 0 Å². The zero-order valence-electron chi connectivity index (χ0n) is 11.5. The minimum absolute atomic E-state index is 0.131. The Bertz CT molecular complexity index is 441. The lowest BCUT2D eigenvalue weighted by Gasteiger charge is -2.39. The van der Waals surface area contributed by atoms with E-state index in [1.54, 1.807) is 4.90 Å². The van der Waals surface area contributed by atoms with Crippen LogP contribution in [0, 0.1) is 0 Å². The fourth-order valence-corrected chi connectivity index (χ4v) is 2.35. The lowest BCUT2D eigenvalue weighted by molar-refractivity contribution is -0.139. The summed E-state index contributed by atoms with van der Waals surface area (Å²) < 4.78 is 0. The van der Waals surface area contributed by atoms with E-state index in [9.17, 15) is 4.79 Å². The van der Waals surface area contributed by atoms with Crippen molar-refractivity contribution in [2.75, 3.05) is 39.1 Å². The number of rotatable bonds is 2. The number of carbonyl (C=O) groups excluding carboxylic acids is 1. The van der Waals surface area contributed by atoms with Crippen LogP contribution >= 0.6 is 0 Å². The third-order valence-electron chi connectivity index (χ3n) is 3.66. The number of hydrogen-bond donors (Lipinski definition) is 1. The van der Waals surface area contributed by atoms with Crippen LogP contribution in [0.3, 0.4) is 0 Å². The topological polar surface area (TPSA) is 35.6 Å². The van der Waals surface area contributed by atoms with Crippen LogP contribution in [-0.2, 0) is 10.3 Å². The molecule has 1 aliphatic rings. The standard InChI is InChI=1S/C14H21N3O/c1-14(13(18)17(4)10-9-15-14)11-5-7-12(8-6-11)16(2)3/h5-8,15H,9-10H2,1-4H3. The lowest BCUT2D eigenvalue weighted by atomic mass is 9.88. The largest absolute Gasteiger partial charge is 0.378 e. The van der Waals surface area contributed by atoms with Gasteiger partial charge in [0.05, 0.1) is 0 Å². The van der Waals surface area contributed by atoms with E-state index in [1.807, 2.05) is 57.2 Å². The molecule has 98 valence electrons. The predicted molar refractivity (Wildman–Crippen MR) is 73.8 cm³/mol. The smallest absolute Gasteiger partial charge is 0.246 e. The molecule has 2 rings (SSSR count). The van der Waals surface area contributed by atoms with E-state index in [4.69, 9.17) is 0 Å². The highest BCUT2D eigenvalue weighted by atomic mass is 16.2. The van der Waals surface area contributed by atoms with E-state index in [0.717, 1.165) is 24.3 Å². The van der Waals surface area contributed by atoms with Crippen molar-refractivity contribution in [1.29, 1.82) is 0 Å². The predicted octanol–water partition coefficient (Wildman–Crippen LogP) is 1.03. The second-order valence-corrected chi connectivity index (χ2v) is 5.22. The molecule has 0 aromatic heterocycles. The van der Waals surface area contributed by atoms with Crippen LogP contribution in [0.1, 0.15) is 12.5 Å². The van der Waals surface area contributed by atoms with Crippen molar-refractivity contribution in [2.24, 2.45) is 0 Å². The van der Waals surface area contributed by atoms with Crippen LogP contribution in [0.4, 0.5) is 5.69 Å². The molecule has 4 heteroatoms. The Morgan fingerprint density at radius 1 is 1.28 bits per heavy atom. The van der Waals surface area contributed by atoms with Gasteiger partial charge >= 0.3 is 0 Å². The number of anilines is 1. The maximum Gasteiger partial charge on any atom is 0.246 e. The maximum absolute atomic E-state index is 12.3. The van der Waals surface area contributed by atoms with Crippen molar-refractivity contribution in [1.82, 2.24) is 10.2 Å². The minimum atomic E-state index is -0.599. The molecule has 0 aliphatic carbocycles. The van der Waals surface area contributed by atoms with Gasteiger partial charge in [-0.1, -0.05) is 12.1 Å². The summed E-state index contributed by atoms with van der Waals surface area (Å²) in [5.41, 5.74) is 1.56. The first-order valence-corrected chi connectivity index (χ1v) is 6.23. The molecular formula is C14H21N3O. The van der Waals surface area contributed by atoms with Gasteiger partial charge in [0.15, 0.2) is 0 Å². The summed E-state index contributed by atoms with van der Waals surface area (Å²) in [6.45, 7) is 3.55. The van der Waals surface area contributed by atoms with Crippen molar-refractivity contribution in [3.8, 4) is 0 Å². The zero-order chi connectivity index (χ0) is 13.3. The molecule has 0 spiro atoms. The summed E-state index contributed by atoms with van der Waals surface area (Å²) in [6, 6.07) is 8.15. The van der Waals surface area contributed by atoms with E-state index in [1.165, 1.54) is 0 Å². The molecule has 0 saturated carbocycles. The average Bonchev–Trinajstić information content (AvgIpc) is 2.36. The highest BCUT2D eigenvalue weighted by Crippen LogP contribution is 2.26. The average molecular weight is 247 g/mol. The van der Waals surface area contributed by atoms with Crippen LogP contribution < -0.4 is 10.2 Å². The molecule has 1 aromatic rings. The van der Waals surface area contributed by atoms with Crippen LogP contribution in [0.15, 0.2) is 24.3 Å². The Hall–Kier alpha value is -1.55. The van der Waals surface area contributed by atoms with Gasteiger partial charge in [-0.15, -0.1) is 0 Å². The number of amides is 1. The molecule has 1 fully saturated rings. The number of nitrogens with one attached hydrogen (secondary N) is 1. The Kier molecular flexibility index (Phi) is 3.30. The summed E-state index contributed by atoms with van der Waals surface area (Å²) in [5.74, 6) is 0.131. The number of likely N-dealkylation sites (N-methyl/N-ethyl adjacent to an activating group) is 1. The van der Waals surface area contributed by atoms with Gasteiger partial charge in [0.1, 0.15) is 5.54 Å². The molecule has 1 heterocycles. The van der Waals surface area contributed by atoms with Crippen LogP contribution in [0.2, 0.25) is 0 Å². The van der Waals surface area contributed by atoms with E-state index in [-0.39, 0.29) is 5.91 Å². The van der Waals surface area contributed by atoms with Crippen LogP contribution in [0.5, 0.6) is 0 Å². The van der Waals surface area contributed by atoms with E-state index >= 15 is 0 Å². The van der Waals surface area contributed by atoms with Gasteiger partial charge in [0, 0.05) is 39.9 Å². The molecule has 0 radical (unpaired) electrons. The van der Waals surface area contributed by atoms with Crippen molar-refractivity contribution in [2.45, 2.75) is 12.5 Å². The highest BCUT2D eigenvalue weighted by molar-refractivity contribution is 5.88. The Labute approximate surface area is 109 Å². The molecule has 1 amide bonds. The number of hydrogen-bond acceptors (Lipinski definition) is 3. The molecule has 18 heavy (non-hydrogen) atoms. The highest BCUT2D eigenvalue weighted by Gasteiger charge is 2.39. The lowest BCUT2D eigenvalue weighted by Crippen LogP contribution is -2.59. The van der Waals surface area contributed by atoms with Gasteiger partial charge in [-0.25, -0.2) is 0 Å². The number of carbonyl (C=O) groups is 1. The fourth-order valence-electron chi connectivity index (χ4n) is 2.35. The second-order valence-electron chi connectivity index (χ2n) is 5.22. The third kappa shape index (κ3) is 2.08. The zero-order valence-corrected chi connectivity index (χ0v) is 11.5. The Morgan fingerprint density at radius 3 is 2.44 bits per heavy atom. The number of benzene rings is 1. The first-order chi connectivity index (χ1) is 8.45. The molecule has 0 bridgehead atoms. The molecule has 1 saturated heterocycles. The molecule has 1 unspecified atom stereocenters. The van der Waals surface area contributed by atoms with Gasteiger partial charge in [-0.05, 0) is 24.6 Å². The normalized spacial score (nSPS) is 24.2. The fraction of sp³-hybridized carbons (Fsp3) is 0.500. The van der Waals surface area contributed by atoms with E-state index < -0.39 is 5.54 Å². The molecule has 1 N–H and O–H groups in total. The summed E-state index contributed by atoms with van der Waals surface area (Å²) in [7, 11) is 5.87. The van der Waals surface area contributed by atoms with E-state index in [2.05, 4.69) is 5.32 Å².